The minimum Gasteiger partial charge on any atom is -0.548 e. The van der Waals surface area contributed by atoms with Gasteiger partial charge in [-0.2, -0.15) is 0 Å². The maximum atomic E-state index is 13.7. The number of nitrogens with zero attached hydrogens (tertiary/aromatic N) is 1. The highest BCUT2D eigenvalue weighted by Crippen LogP contribution is 2.54. The Kier molecular flexibility index (Phi) is 7.28. The number of allylic oxidation sites excluding steroid dienone is 4. The molecule has 0 unspecified atom stereocenters. The summed E-state index contributed by atoms with van der Waals surface area (Å²) in [6.45, 7) is 12.6. The van der Waals surface area contributed by atoms with Crippen molar-refractivity contribution in [3.05, 3.63) is 46.3 Å². The molecule has 0 amide bonds. The molecule has 7 heteroatoms. The highest BCUT2D eigenvalue weighted by Gasteiger charge is 2.49. The van der Waals surface area contributed by atoms with E-state index in [1.807, 2.05) is 59.7 Å². The van der Waals surface area contributed by atoms with E-state index in [2.05, 4.69) is 0 Å². The number of carbonyl (C=O) groups is 3. The Hall–Kier alpha value is -3.09. The van der Waals surface area contributed by atoms with E-state index in [1.165, 1.54) is 0 Å². The van der Waals surface area contributed by atoms with Gasteiger partial charge in [0.25, 0.3) is 0 Å². The molecule has 4 rings (SSSR count). The lowest BCUT2D eigenvalue weighted by Crippen LogP contribution is -2.47. The van der Waals surface area contributed by atoms with Gasteiger partial charge in [-0.1, -0.05) is 40.7 Å². The summed E-state index contributed by atoms with van der Waals surface area (Å²) in [6.07, 6.45) is 2.60. The van der Waals surface area contributed by atoms with Crippen LogP contribution in [0.25, 0.3) is 0 Å². The second-order valence-electron chi connectivity index (χ2n) is 12.0. The average molecular weight is 509 g/mol. The fourth-order valence-corrected chi connectivity index (χ4v) is 6.00. The standard InChI is InChI=1S/C30H39NO6/c1-7-11-37-23-10-9-18(12-24(23)36-8-2)26-27-19(13-29(3,4)15-21(27)32)31(17-25(34)35)20-14-30(5,6)16-22(33)28(20)26/h9-10,12,26H,7-8,11,13-17H2,1-6H3,(H,34,35)/p-1. The highest BCUT2D eigenvalue weighted by atomic mass is 16.5. The van der Waals surface area contributed by atoms with Crippen LogP contribution in [0.5, 0.6) is 11.5 Å². The van der Waals surface area contributed by atoms with Crippen LogP contribution >= 0.6 is 0 Å². The minimum atomic E-state index is -1.24. The lowest BCUT2D eigenvalue weighted by Gasteiger charge is -2.49. The van der Waals surface area contributed by atoms with E-state index in [4.69, 9.17) is 9.47 Å². The van der Waals surface area contributed by atoms with Crippen molar-refractivity contribution in [2.75, 3.05) is 19.8 Å². The van der Waals surface area contributed by atoms with E-state index in [0.717, 1.165) is 12.0 Å². The van der Waals surface area contributed by atoms with E-state index in [-0.39, 0.29) is 28.9 Å². The van der Waals surface area contributed by atoms with Crippen molar-refractivity contribution < 1.29 is 29.0 Å². The van der Waals surface area contributed by atoms with Crippen molar-refractivity contribution in [2.45, 2.75) is 79.6 Å². The molecule has 0 saturated heterocycles. The summed E-state index contributed by atoms with van der Waals surface area (Å²) < 4.78 is 11.8. The monoisotopic (exact) mass is 508 g/mol. The molecule has 1 heterocycles. The first-order chi connectivity index (χ1) is 17.4. The summed E-state index contributed by atoms with van der Waals surface area (Å²) in [4.78, 5) is 41.1. The van der Waals surface area contributed by atoms with E-state index in [9.17, 15) is 19.5 Å². The van der Waals surface area contributed by atoms with Gasteiger partial charge in [0, 0.05) is 41.3 Å². The summed E-state index contributed by atoms with van der Waals surface area (Å²) in [5, 5.41) is 11.9. The molecule has 7 nitrogen and oxygen atoms in total. The number of carbonyl (C=O) groups excluding carboxylic acids is 3. The summed E-state index contributed by atoms with van der Waals surface area (Å²) in [5.74, 6) is -0.713. The van der Waals surface area contributed by atoms with Crippen LogP contribution in [0.15, 0.2) is 40.7 Å². The first kappa shape index (κ1) is 27.0. The summed E-state index contributed by atoms with van der Waals surface area (Å²) in [5.41, 5.74) is 2.57. The molecule has 3 aliphatic rings. The lowest BCUT2D eigenvalue weighted by molar-refractivity contribution is -0.305. The SMILES string of the molecule is CCCOc1ccc(C2C3=C(CC(C)(C)CC3=O)N(CC(=O)[O-])C3=C2C(=O)CC(C)(C)C3)cc1OCC. The summed E-state index contributed by atoms with van der Waals surface area (Å²) >= 11 is 0. The van der Waals surface area contributed by atoms with Gasteiger partial charge in [0.05, 0.1) is 25.7 Å². The van der Waals surface area contributed by atoms with Crippen molar-refractivity contribution in [1.82, 2.24) is 4.90 Å². The molecule has 0 spiro atoms. The normalized spacial score (nSPS) is 21.1. The molecule has 0 radical (unpaired) electrons. The third-order valence-electron chi connectivity index (χ3n) is 7.37. The van der Waals surface area contributed by atoms with Gasteiger partial charge in [-0.15, -0.1) is 0 Å². The smallest absolute Gasteiger partial charge is 0.162 e. The zero-order chi connectivity index (χ0) is 27.1. The van der Waals surface area contributed by atoms with Gasteiger partial charge >= 0.3 is 0 Å². The highest BCUT2D eigenvalue weighted by molar-refractivity contribution is 6.07. The molecule has 0 atom stereocenters. The molecule has 0 bridgehead atoms. The summed E-state index contributed by atoms with van der Waals surface area (Å²) in [6, 6.07) is 5.63. The summed E-state index contributed by atoms with van der Waals surface area (Å²) in [7, 11) is 0. The van der Waals surface area contributed by atoms with Gasteiger partial charge in [-0.25, -0.2) is 0 Å². The fraction of sp³-hybridized carbons (Fsp3) is 0.567. The second kappa shape index (κ2) is 9.99. The van der Waals surface area contributed by atoms with E-state index < -0.39 is 11.9 Å². The van der Waals surface area contributed by atoms with Crippen LogP contribution in [0.4, 0.5) is 0 Å². The van der Waals surface area contributed by atoms with Crippen LogP contribution in [-0.2, 0) is 14.4 Å². The number of aliphatic carboxylic acids is 1. The first-order valence-electron chi connectivity index (χ1n) is 13.3. The third-order valence-corrected chi connectivity index (χ3v) is 7.37. The number of benzene rings is 1. The predicted octanol–water partition coefficient (Wildman–Crippen LogP) is 4.31. The molecule has 200 valence electrons. The van der Waals surface area contributed by atoms with E-state index in [1.54, 1.807) is 4.90 Å². The molecule has 0 saturated carbocycles. The number of carboxylic acids is 1. The number of carboxylic acid groups (broad SMARTS) is 1. The minimum absolute atomic E-state index is 0.0481. The van der Waals surface area contributed by atoms with Crippen molar-refractivity contribution in [3.63, 3.8) is 0 Å². The Balaban J connectivity index is 1.96. The van der Waals surface area contributed by atoms with Gasteiger partial charge in [-0.05, 0) is 54.7 Å². The number of Topliss-reactive ketones (excluding diaryl/α,β-unsaturated/α-hetero) is 2. The molecule has 0 aromatic heterocycles. The van der Waals surface area contributed by atoms with Crippen LogP contribution < -0.4 is 14.6 Å². The van der Waals surface area contributed by atoms with Gasteiger partial charge in [0.2, 0.25) is 0 Å². The van der Waals surface area contributed by atoms with Crippen molar-refractivity contribution in [1.29, 1.82) is 0 Å². The lowest BCUT2D eigenvalue weighted by atomic mass is 9.63. The Labute approximate surface area is 219 Å². The number of hydrogen-bond acceptors (Lipinski definition) is 7. The Morgan fingerprint density at radius 3 is 1.97 bits per heavy atom. The molecule has 1 aromatic rings. The third kappa shape index (κ3) is 5.32. The number of ether oxygens (including phenoxy) is 2. The van der Waals surface area contributed by atoms with E-state index in [0.29, 0.717) is 72.9 Å². The van der Waals surface area contributed by atoms with Crippen LogP contribution in [0, 0.1) is 10.8 Å². The molecule has 0 fully saturated rings. The van der Waals surface area contributed by atoms with Crippen molar-refractivity contribution in [3.8, 4) is 11.5 Å². The first-order valence-corrected chi connectivity index (χ1v) is 13.3. The number of ketones is 2. The van der Waals surface area contributed by atoms with Gasteiger partial charge in [0.1, 0.15) is 0 Å². The molecule has 2 aliphatic carbocycles. The second-order valence-corrected chi connectivity index (χ2v) is 12.0. The number of rotatable bonds is 8. The van der Waals surface area contributed by atoms with Crippen LogP contribution in [-0.4, -0.2) is 42.2 Å². The molecule has 37 heavy (non-hydrogen) atoms. The molecular weight excluding hydrogens is 470 g/mol. The molecular formula is C30H38NO6-. The van der Waals surface area contributed by atoms with Crippen molar-refractivity contribution in [2.24, 2.45) is 10.8 Å². The maximum absolute atomic E-state index is 13.7. The molecule has 1 aliphatic heterocycles. The maximum Gasteiger partial charge on any atom is 0.162 e. The average Bonchev–Trinajstić information content (AvgIpc) is 2.77. The Bertz CT molecular complexity index is 1130. The van der Waals surface area contributed by atoms with Gasteiger partial charge in [-0.3, -0.25) is 9.59 Å². The van der Waals surface area contributed by atoms with Crippen LogP contribution in [0.1, 0.15) is 85.1 Å². The Morgan fingerprint density at radius 2 is 1.49 bits per heavy atom. The van der Waals surface area contributed by atoms with Crippen LogP contribution in [0.2, 0.25) is 0 Å². The topological polar surface area (TPSA) is 96.0 Å². The largest absolute Gasteiger partial charge is 0.548 e. The zero-order valence-electron chi connectivity index (χ0n) is 22.9. The van der Waals surface area contributed by atoms with Gasteiger partial charge < -0.3 is 24.3 Å². The zero-order valence-corrected chi connectivity index (χ0v) is 22.9. The quantitative estimate of drug-likeness (QED) is 0.516. The van der Waals surface area contributed by atoms with Gasteiger partial charge in [0.15, 0.2) is 23.1 Å². The predicted molar refractivity (Wildman–Crippen MR) is 138 cm³/mol. The number of hydrogen-bond donors (Lipinski definition) is 0. The van der Waals surface area contributed by atoms with E-state index >= 15 is 0 Å². The van der Waals surface area contributed by atoms with Crippen LogP contribution in [0.3, 0.4) is 0 Å². The van der Waals surface area contributed by atoms with Crippen molar-refractivity contribution >= 4 is 17.5 Å². The molecule has 0 N–H and O–H groups in total. The molecule has 1 aromatic carbocycles. The Morgan fingerprint density at radius 1 is 0.919 bits per heavy atom. The fourth-order valence-electron chi connectivity index (χ4n) is 6.00.